The van der Waals surface area contributed by atoms with E-state index in [9.17, 15) is 0 Å². The maximum atomic E-state index is 5.68. The summed E-state index contributed by atoms with van der Waals surface area (Å²) in [5.74, 6) is 0.858. The van der Waals surface area contributed by atoms with E-state index in [0.717, 1.165) is 12.5 Å². The maximum Gasteiger partial charge on any atom is 0.0802 e. The normalized spacial score (nSPS) is 35.3. The Labute approximate surface area is 107 Å². The fraction of sp³-hybridized carbons (Fsp3) is 1.00. The minimum absolute atomic E-state index is 0.171. The summed E-state index contributed by atoms with van der Waals surface area (Å²) >= 11 is 0. The Hall–Kier alpha value is -0.0800. The van der Waals surface area contributed by atoms with Crippen LogP contribution in [0.15, 0.2) is 0 Å². The monoisotopic (exact) mass is 239 g/mol. The largest absolute Gasteiger partial charge is 0.377 e. The second kappa shape index (κ2) is 4.89. The molecule has 2 nitrogen and oxygen atoms in total. The van der Waals surface area contributed by atoms with Crippen molar-refractivity contribution in [2.45, 2.75) is 70.9 Å². The molecule has 0 spiro atoms. The highest BCUT2D eigenvalue weighted by atomic mass is 16.5. The Bertz CT molecular complexity index is 252. The molecule has 0 amide bonds. The first-order valence-corrected chi connectivity index (χ1v) is 7.23. The molecule has 0 aromatic heterocycles. The van der Waals surface area contributed by atoms with Crippen molar-refractivity contribution in [3.05, 3.63) is 0 Å². The average molecular weight is 239 g/mol. The lowest BCUT2D eigenvalue weighted by molar-refractivity contribution is -0.0726. The van der Waals surface area contributed by atoms with Crippen molar-refractivity contribution in [2.24, 2.45) is 11.3 Å². The zero-order chi connectivity index (χ0) is 12.5. The van der Waals surface area contributed by atoms with Crippen molar-refractivity contribution in [2.75, 3.05) is 13.7 Å². The van der Waals surface area contributed by atoms with E-state index < -0.39 is 0 Å². The summed E-state index contributed by atoms with van der Waals surface area (Å²) in [6.45, 7) is 8.27. The van der Waals surface area contributed by atoms with Gasteiger partial charge in [-0.05, 0) is 49.9 Å². The van der Waals surface area contributed by atoms with Crippen LogP contribution in [-0.4, -0.2) is 25.3 Å². The third kappa shape index (κ3) is 3.23. The van der Waals surface area contributed by atoms with E-state index in [1.54, 1.807) is 0 Å². The molecule has 0 aromatic rings. The van der Waals surface area contributed by atoms with Crippen molar-refractivity contribution in [3.8, 4) is 0 Å². The Morgan fingerprint density at radius 2 is 1.94 bits per heavy atom. The van der Waals surface area contributed by atoms with Crippen molar-refractivity contribution in [3.63, 3.8) is 0 Å². The summed E-state index contributed by atoms with van der Waals surface area (Å²) < 4.78 is 5.68. The van der Waals surface area contributed by atoms with Gasteiger partial charge in [0, 0.05) is 19.7 Å². The molecule has 17 heavy (non-hydrogen) atoms. The van der Waals surface area contributed by atoms with Gasteiger partial charge in [-0.2, -0.15) is 0 Å². The van der Waals surface area contributed by atoms with Crippen molar-refractivity contribution in [1.82, 2.24) is 5.32 Å². The first-order valence-electron chi connectivity index (χ1n) is 7.23. The van der Waals surface area contributed by atoms with Gasteiger partial charge in [-0.1, -0.05) is 20.8 Å². The summed E-state index contributed by atoms with van der Waals surface area (Å²) in [6.07, 6.45) is 7.84. The number of hydrogen-bond donors (Lipinski definition) is 1. The van der Waals surface area contributed by atoms with Gasteiger partial charge in [-0.25, -0.2) is 0 Å². The molecule has 2 heteroatoms. The molecule has 0 saturated heterocycles. The third-order valence-electron chi connectivity index (χ3n) is 4.80. The van der Waals surface area contributed by atoms with Crippen LogP contribution < -0.4 is 5.32 Å². The minimum atomic E-state index is 0.171. The van der Waals surface area contributed by atoms with Crippen molar-refractivity contribution in [1.29, 1.82) is 0 Å². The highest BCUT2D eigenvalue weighted by Gasteiger charge is 2.38. The first-order chi connectivity index (χ1) is 7.95. The highest BCUT2D eigenvalue weighted by Crippen LogP contribution is 2.39. The molecular weight excluding hydrogens is 210 g/mol. The molecule has 2 atom stereocenters. The Kier molecular flexibility index (Phi) is 3.84. The van der Waals surface area contributed by atoms with Crippen LogP contribution in [0, 0.1) is 11.3 Å². The van der Waals surface area contributed by atoms with E-state index in [1.165, 1.54) is 38.5 Å². The van der Waals surface area contributed by atoms with Crippen LogP contribution in [0.2, 0.25) is 0 Å². The van der Waals surface area contributed by atoms with Gasteiger partial charge in [0.15, 0.2) is 0 Å². The van der Waals surface area contributed by atoms with Crippen LogP contribution in [-0.2, 0) is 4.74 Å². The molecule has 0 heterocycles. The van der Waals surface area contributed by atoms with E-state index in [-0.39, 0.29) is 5.60 Å². The zero-order valence-corrected chi connectivity index (χ0v) is 12.0. The summed E-state index contributed by atoms with van der Waals surface area (Å²) in [5, 5.41) is 3.78. The molecular formula is C15H29NO. The predicted octanol–water partition coefficient (Wildman–Crippen LogP) is 3.36. The van der Waals surface area contributed by atoms with Gasteiger partial charge in [0.05, 0.1) is 5.60 Å². The molecule has 0 aliphatic heterocycles. The van der Waals surface area contributed by atoms with Gasteiger partial charge in [0.25, 0.3) is 0 Å². The lowest BCUT2D eigenvalue weighted by atomic mass is 9.70. The van der Waals surface area contributed by atoms with E-state index in [1.807, 2.05) is 7.11 Å². The average Bonchev–Trinajstić information content (AvgIpc) is 2.13. The SMILES string of the molecule is COC1(CNC2CC(C)CC(C)(C)C2)CCC1. The lowest BCUT2D eigenvalue weighted by Gasteiger charge is -2.44. The molecule has 0 bridgehead atoms. The van der Waals surface area contributed by atoms with Crippen LogP contribution in [0.4, 0.5) is 0 Å². The van der Waals surface area contributed by atoms with Gasteiger partial charge < -0.3 is 10.1 Å². The molecule has 2 unspecified atom stereocenters. The minimum Gasteiger partial charge on any atom is -0.377 e. The number of nitrogens with one attached hydrogen (secondary N) is 1. The molecule has 0 aromatic carbocycles. The molecule has 100 valence electrons. The summed E-state index contributed by atoms with van der Waals surface area (Å²) in [6, 6.07) is 0.696. The van der Waals surface area contributed by atoms with E-state index >= 15 is 0 Å². The molecule has 2 fully saturated rings. The number of methoxy groups -OCH3 is 1. The maximum absolute atomic E-state index is 5.68. The second-order valence-electron chi connectivity index (χ2n) is 7.23. The molecule has 1 N–H and O–H groups in total. The van der Waals surface area contributed by atoms with Crippen LogP contribution >= 0.6 is 0 Å². The lowest BCUT2D eigenvalue weighted by Crippen LogP contribution is -2.52. The Morgan fingerprint density at radius 1 is 1.24 bits per heavy atom. The highest BCUT2D eigenvalue weighted by molar-refractivity contribution is 4.94. The van der Waals surface area contributed by atoms with E-state index in [2.05, 4.69) is 26.1 Å². The number of hydrogen-bond acceptors (Lipinski definition) is 2. The van der Waals surface area contributed by atoms with E-state index in [4.69, 9.17) is 4.74 Å². The molecule has 2 rings (SSSR count). The first kappa shape index (κ1) is 13.4. The molecule has 2 aliphatic rings. The fourth-order valence-electron chi connectivity index (χ4n) is 3.86. The van der Waals surface area contributed by atoms with Gasteiger partial charge >= 0.3 is 0 Å². The topological polar surface area (TPSA) is 21.3 Å². The van der Waals surface area contributed by atoms with E-state index in [0.29, 0.717) is 11.5 Å². The van der Waals surface area contributed by atoms with Gasteiger partial charge in [0.1, 0.15) is 0 Å². The summed E-state index contributed by atoms with van der Waals surface area (Å²) in [5.41, 5.74) is 0.681. The van der Waals surface area contributed by atoms with Crippen LogP contribution in [0.1, 0.15) is 59.3 Å². The number of rotatable bonds is 4. The zero-order valence-electron chi connectivity index (χ0n) is 12.0. The smallest absolute Gasteiger partial charge is 0.0802 e. The van der Waals surface area contributed by atoms with Gasteiger partial charge in [-0.3, -0.25) is 0 Å². The third-order valence-corrected chi connectivity index (χ3v) is 4.80. The predicted molar refractivity (Wildman–Crippen MR) is 72.2 cm³/mol. The van der Waals surface area contributed by atoms with Crippen LogP contribution in [0.3, 0.4) is 0 Å². The van der Waals surface area contributed by atoms with Gasteiger partial charge in [-0.15, -0.1) is 0 Å². The van der Waals surface area contributed by atoms with Gasteiger partial charge in [0.2, 0.25) is 0 Å². The van der Waals surface area contributed by atoms with Crippen molar-refractivity contribution >= 4 is 0 Å². The molecule has 2 saturated carbocycles. The summed E-state index contributed by atoms with van der Waals surface area (Å²) in [7, 11) is 1.87. The second-order valence-corrected chi connectivity index (χ2v) is 7.23. The Morgan fingerprint density at radius 3 is 2.41 bits per heavy atom. The number of ether oxygens (including phenoxy) is 1. The van der Waals surface area contributed by atoms with Crippen LogP contribution in [0.25, 0.3) is 0 Å². The standard InChI is InChI=1S/C15H29NO/c1-12-8-13(10-14(2,3)9-12)16-11-15(17-4)6-5-7-15/h12-13,16H,5-11H2,1-4H3. The fourth-order valence-corrected chi connectivity index (χ4v) is 3.86. The molecule has 2 aliphatic carbocycles. The molecule has 0 radical (unpaired) electrons. The Balaban J connectivity index is 1.82. The van der Waals surface area contributed by atoms with Crippen LogP contribution in [0.5, 0.6) is 0 Å². The quantitative estimate of drug-likeness (QED) is 0.812. The summed E-state index contributed by atoms with van der Waals surface area (Å²) in [4.78, 5) is 0. The van der Waals surface area contributed by atoms with Crippen molar-refractivity contribution < 1.29 is 4.74 Å².